The number of phenols is 1. The summed E-state index contributed by atoms with van der Waals surface area (Å²) < 4.78 is 23.4. The molecule has 0 radical (unpaired) electrons. The fourth-order valence-electron chi connectivity index (χ4n) is 4.86. The highest BCUT2D eigenvalue weighted by Crippen LogP contribution is 2.37. The molecule has 0 amide bonds. The summed E-state index contributed by atoms with van der Waals surface area (Å²) in [5.74, 6) is 0.506. The molecule has 5 rings (SSSR count). The van der Waals surface area contributed by atoms with Gasteiger partial charge < -0.3 is 23.7 Å². The molecule has 7 heteroatoms. The highest BCUT2D eigenvalue weighted by molar-refractivity contribution is 5.92. The first-order valence-electron chi connectivity index (χ1n) is 13.8. The molecule has 0 aliphatic carbocycles. The topological polar surface area (TPSA) is 95.2 Å². The SMILES string of the molecule is COc1ccc(-c2oc3cc(OC(=O)c4ccccc4)cc(O)c3c(=O)c2C)cc1OC(C)CCCc1ccccc1. The van der Waals surface area contributed by atoms with Gasteiger partial charge in [-0.15, -0.1) is 0 Å². The molecule has 1 aromatic heterocycles. The molecule has 1 N–H and O–H groups in total. The summed E-state index contributed by atoms with van der Waals surface area (Å²) in [6, 6.07) is 26.8. The summed E-state index contributed by atoms with van der Waals surface area (Å²) in [6.07, 6.45) is 2.69. The number of methoxy groups -OCH3 is 1. The average molecular weight is 565 g/mol. The lowest BCUT2D eigenvalue weighted by atomic mass is 10.0. The van der Waals surface area contributed by atoms with Gasteiger partial charge in [0.25, 0.3) is 0 Å². The number of esters is 1. The van der Waals surface area contributed by atoms with Crippen molar-refractivity contribution >= 4 is 16.9 Å². The molecule has 0 bridgehead atoms. The van der Waals surface area contributed by atoms with E-state index in [1.165, 1.54) is 17.7 Å². The van der Waals surface area contributed by atoms with Crippen molar-refractivity contribution in [1.29, 1.82) is 0 Å². The van der Waals surface area contributed by atoms with Crippen LogP contribution in [0, 0.1) is 6.92 Å². The summed E-state index contributed by atoms with van der Waals surface area (Å²) in [4.78, 5) is 25.9. The van der Waals surface area contributed by atoms with E-state index in [-0.39, 0.29) is 28.6 Å². The Morgan fingerprint density at radius 3 is 2.36 bits per heavy atom. The minimum Gasteiger partial charge on any atom is -0.507 e. The van der Waals surface area contributed by atoms with E-state index in [9.17, 15) is 14.7 Å². The Labute approximate surface area is 243 Å². The highest BCUT2D eigenvalue weighted by atomic mass is 16.5. The maximum atomic E-state index is 13.3. The molecule has 0 saturated carbocycles. The number of hydrogen-bond acceptors (Lipinski definition) is 7. The van der Waals surface area contributed by atoms with E-state index in [0.717, 1.165) is 19.3 Å². The number of carbonyl (C=O) groups is 1. The molecule has 0 aliphatic heterocycles. The number of ether oxygens (including phenoxy) is 3. The molecule has 42 heavy (non-hydrogen) atoms. The summed E-state index contributed by atoms with van der Waals surface area (Å²) in [5, 5.41) is 10.7. The van der Waals surface area contributed by atoms with Gasteiger partial charge in [0.05, 0.1) is 18.8 Å². The van der Waals surface area contributed by atoms with Crippen molar-refractivity contribution in [2.45, 2.75) is 39.2 Å². The first-order chi connectivity index (χ1) is 20.3. The number of aromatic hydroxyl groups is 1. The van der Waals surface area contributed by atoms with Gasteiger partial charge in [-0.1, -0.05) is 48.5 Å². The van der Waals surface area contributed by atoms with Gasteiger partial charge >= 0.3 is 5.97 Å². The van der Waals surface area contributed by atoms with Crippen LogP contribution in [0.5, 0.6) is 23.0 Å². The third-order valence-electron chi connectivity index (χ3n) is 7.07. The summed E-state index contributed by atoms with van der Waals surface area (Å²) in [5.41, 5.74) is 2.25. The molecule has 0 fully saturated rings. The van der Waals surface area contributed by atoms with E-state index >= 15 is 0 Å². The zero-order valence-electron chi connectivity index (χ0n) is 23.8. The van der Waals surface area contributed by atoms with Crippen molar-refractivity contribution in [3.05, 3.63) is 118 Å². The Hall–Kier alpha value is -5.04. The number of benzene rings is 4. The lowest BCUT2D eigenvalue weighted by Crippen LogP contribution is -2.13. The van der Waals surface area contributed by atoms with Crippen molar-refractivity contribution in [3.8, 4) is 34.3 Å². The molecule has 1 atom stereocenters. The fraction of sp³-hybridized carbons (Fsp3) is 0.200. The second-order valence-electron chi connectivity index (χ2n) is 10.1. The van der Waals surface area contributed by atoms with Gasteiger partial charge in [0, 0.05) is 23.3 Å². The van der Waals surface area contributed by atoms with Crippen LogP contribution in [-0.4, -0.2) is 24.3 Å². The zero-order chi connectivity index (χ0) is 29.6. The van der Waals surface area contributed by atoms with E-state index in [4.69, 9.17) is 18.6 Å². The Kier molecular flexibility index (Phi) is 8.58. The van der Waals surface area contributed by atoms with Crippen molar-refractivity contribution in [3.63, 3.8) is 0 Å². The fourth-order valence-corrected chi connectivity index (χ4v) is 4.86. The summed E-state index contributed by atoms with van der Waals surface area (Å²) >= 11 is 0. The number of rotatable bonds is 10. The van der Waals surface area contributed by atoms with Gasteiger partial charge in [0.2, 0.25) is 0 Å². The Balaban J connectivity index is 1.42. The molecular weight excluding hydrogens is 532 g/mol. The van der Waals surface area contributed by atoms with Crippen LogP contribution in [0.3, 0.4) is 0 Å². The van der Waals surface area contributed by atoms with Gasteiger partial charge in [-0.05, 0) is 69.0 Å². The third-order valence-corrected chi connectivity index (χ3v) is 7.07. The number of hydrogen-bond donors (Lipinski definition) is 1. The minimum atomic E-state index is -0.598. The van der Waals surface area contributed by atoms with Gasteiger partial charge in [0.1, 0.15) is 28.2 Å². The second-order valence-corrected chi connectivity index (χ2v) is 10.1. The van der Waals surface area contributed by atoms with E-state index < -0.39 is 11.4 Å². The number of fused-ring (bicyclic) bond motifs is 1. The standard InChI is InChI=1S/C35H32O7/c1-22(11-10-14-24-12-6-4-7-13-24)40-30-19-26(17-18-29(30)39-3)34-23(2)33(37)32-28(36)20-27(21-31(32)42-34)41-35(38)25-15-8-5-9-16-25/h4-9,12-13,15-22,36H,10-11,14H2,1-3H3. The predicted octanol–water partition coefficient (Wildman–Crippen LogP) is 7.49. The smallest absolute Gasteiger partial charge is 0.343 e. The molecule has 214 valence electrons. The van der Waals surface area contributed by atoms with Gasteiger partial charge in [-0.2, -0.15) is 0 Å². The molecule has 5 aromatic rings. The van der Waals surface area contributed by atoms with Crippen LogP contribution in [0.2, 0.25) is 0 Å². The normalized spacial score (nSPS) is 11.7. The molecule has 1 heterocycles. The Morgan fingerprint density at radius 1 is 0.929 bits per heavy atom. The van der Waals surface area contributed by atoms with Crippen LogP contribution in [-0.2, 0) is 6.42 Å². The molecule has 0 aliphatic rings. The van der Waals surface area contributed by atoms with Crippen molar-refractivity contribution in [2.24, 2.45) is 0 Å². The Bertz CT molecular complexity index is 1760. The summed E-state index contributed by atoms with van der Waals surface area (Å²) in [6.45, 7) is 3.65. The van der Waals surface area contributed by atoms with Crippen LogP contribution in [0.15, 0.2) is 100 Å². The van der Waals surface area contributed by atoms with E-state index in [1.54, 1.807) is 62.6 Å². The Morgan fingerprint density at radius 2 is 1.64 bits per heavy atom. The van der Waals surface area contributed by atoms with Crippen LogP contribution in [0.4, 0.5) is 0 Å². The lowest BCUT2D eigenvalue weighted by molar-refractivity contribution is 0.0734. The van der Waals surface area contributed by atoms with Gasteiger partial charge in [-0.25, -0.2) is 4.79 Å². The lowest BCUT2D eigenvalue weighted by Gasteiger charge is -2.18. The number of aryl methyl sites for hydroxylation is 1. The maximum Gasteiger partial charge on any atom is 0.343 e. The van der Waals surface area contributed by atoms with Gasteiger partial charge in [0.15, 0.2) is 16.9 Å². The third kappa shape index (κ3) is 6.31. The van der Waals surface area contributed by atoms with Crippen molar-refractivity contribution in [1.82, 2.24) is 0 Å². The van der Waals surface area contributed by atoms with E-state index in [1.807, 2.05) is 25.1 Å². The second kappa shape index (κ2) is 12.6. The average Bonchev–Trinajstić information content (AvgIpc) is 2.99. The van der Waals surface area contributed by atoms with Crippen molar-refractivity contribution in [2.75, 3.05) is 7.11 Å². The van der Waals surface area contributed by atoms with Gasteiger partial charge in [-0.3, -0.25) is 4.79 Å². The van der Waals surface area contributed by atoms with Crippen molar-refractivity contribution < 1.29 is 28.5 Å². The highest BCUT2D eigenvalue weighted by Gasteiger charge is 2.20. The molecule has 4 aromatic carbocycles. The monoisotopic (exact) mass is 564 g/mol. The molecular formula is C35H32O7. The molecule has 1 unspecified atom stereocenters. The van der Waals surface area contributed by atoms with Crippen LogP contribution in [0.25, 0.3) is 22.3 Å². The predicted molar refractivity (Wildman–Crippen MR) is 162 cm³/mol. The zero-order valence-corrected chi connectivity index (χ0v) is 23.8. The first-order valence-corrected chi connectivity index (χ1v) is 13.8. The summed E-state index contributed by atoms with van der Waals surface area (Å²) in [7, 11) is 1.57. The quantitative estimate of drug-likeness (QED) is 0.139. The first kappa shape index (κ1) is 28.5. The maximum absolute atomic E-state index is 13.3. The molecule has 0 saturated heterocycles. The molecule has 7 nitrogen and oxygen atoms in total. The minimum absolute atomic E-state index is 0.00721. The van der Waals surface area contributed by atoms with Crippen LogP contribution >= 0.6 is 0 Å². The number of phenolic OH excluding ortho intramolecular Hbond substituents is 1. The molecule has 0 spiro atoms. The van der Waals surface area contributed by atoms with E-state index in [2.05, 4.69) is 12.1 Å². The van der Waals surface area contributed by atoms with Crippen LogP contribution in [0.1, 0.15) is 41.3 Å². The van der Waals surface area contributed by atoms with Crippen LogP contribution < -0.4 is 19.6 Å². The largest absolute Gasteiger partial charge is 0.507 e. The van der Waals surface area contributed by atoms with E-state index in [0.29, 0.717) is 33.9 Å². The number of carbonyl (C=O) groups excluding carboxylic acids is 1.